The molecule has 0 aromatic heterocycles. The van der Waals surface area contributed by atoms with Gasteiger partial charge < -0.3 is 5.11 Å². The van der Waals surface area contributed by atoms with E-state index < -0.39 is 17.6 Å². The smallest absolute Gasteiger partial charge is 0.328 e. The third-order valence-electron chi connectivity index (χ3n) is 1.72. The van der Waals surface area contributed by atoms with Crippen LogP contribution in [0.25, 0.3) is 5.57 Å². The van der Waals surface area contributed by atoms with Crippen molar-refractivity contribution in [3.63, 3.8) is 0 Å². The summed E-state index contributed by atoms with van der Waals surface area (Å²) < 4.78 is 25.8. The van der Waals surface area contributed by atoms with Gasteiger partial charge in [-0.25, -0.2) is 13.6 Å². The zero-order valence-electron chi connectivity index (χ0n) is 7.42. The highest BCUT2D eigenvalue weighted by Crippen LogP contribution is 2.19. The zero-order chi connectivity index (χ0) is 10.7. The molecular weight excluding hydrogens is 190 g/mol. The Balaban J connectivity index is 3.20. The fraction of sp³-hybridized carbons (Fsp3) is 0.100. The van der Waals surface area contributed by atoms with Gasteiger partial charge in [-0.15, -0.1) is 0 Å². The van der Waals surface area contributed by atoms with Crippen LogP contribution in [0.2, 0.25) is 0 Å². The van der Waals surface area contributed by atoms with Crippen molar-refractivity contribution >= 4 is 11.5 Å². The summed E-state index contributed by atoms with van der Waals surface area (Å²) in [5, 5.41) is 8.41. The maximum absolute atomic E-state index is 13.1. The Hall–Kier alpha value is -1.71. The number of benzene rings is 1. The number of aliphatic carboxylic acids is 1. The van der Waals surface area contributed by atoms with E-state index in [4.69, 9.17) is 5.11 Å². The minimum absolute atomic E-state index is 0.0348. The van der Waals surface area contributed by atoms with Gasteiger partial charge >= 0.3 is 5.97 Å². The normalized spacial score (nSPS) is 11.5. The zero-order valence-corrected chi connectivity index (χ0v) is 7.42. The average molecular weight is 198 g/mol. The molecule has 0 amide bonds. The highest BCUT2D eigenvalue weighted by molar-refractivity contribution is 5.89. The van der Waals surface area contributed by atoms with Crippen molar-refractivity contribution in [2.75, 3.05) is 0 Å². The Bertz CT molecular complexity index is 397. The van der Waals surface area contributed by atoms with Gasteiger partial charge in [0.1, 0.15) is 0 Å². The minimum atomic E-state index is -1.19. The number of rotatable bonds is 2. The summed E-state index contributed by atoms with van der Waals surface area (Å²) in [4.78, 5) is 10.3. The van der Waals surface area contributed by atoms with Crippen molar-refractivity contribution in [2.24, 2.45) is 0 Å². The first kappa shape index (κ1) is 10.4. The number of hydrogen-bond donors (Lipinski definition) is 1. The van der Waals surface area contributed by atoms with Crippen molar-refractivity contribution in [1.29, 1.82) is 0 Å². The van der Waals surface area contributed by atoms with E-state index in [0.29, 0.717) is 0 Å². The summed E-state index contributed by atoms with van der Waals surface area (Å²) in [6.45, 7) is 1.41. The van der Waals surface area contributed by atoms with Crippen molar-refractivity contribution in [3.05, 3.63) is 41.5 Å². The predicted molar refractivity (Wildman–Crippen MR) is 47.6 cm³/mol. The van der Waals surface area contributed by atoms with Crippen LogP contribution in [0.5, 0.6) is 0 Å². The minimum Gasteiger partial charge on any atom is -0.478 e. The first-order chi connectivity index (χ1) is 6.52. The fourth-order valence-corrected chi connectivity index (χ4v) is 1.07. The van der Waals surface area contributed by atoms with Gasteiger partial charge in [0.25, 0.3) is 0 Å². The molecule has 4 heteroatoms. The maximum Gasteiger partial charge on any atom is 0.328 e. The summed E-state index contributed by atoms with van der Waals surface area (Å²) in [6.07, 6.45) is 0.831. The number of carboxylic acid groups (broad SMARTS) is 1. The molecule has 74 valence electrons. The molecule has 0 bridgehead atoms. The first-order valence-corrected chi connectivity index (χ1v) is 3.88. The van der Waals surface area contributed by atoms with Crippen LogP contribution in [0.15, 0.2) is 24.3 Å². The molecule has 0 radical (unpaired) electrons. The van der Waals surface area contributed by atoms with Crippen molar-refractivity contribution in [1.82, 2.24) is 0 Å². The van der Waals surface area contributed by atoms with Gasteiger partial charge in [0.05, 0.1) is 0 Å². The topological polar surface area (TPSA) is 37.3 Å². The Morgan fingerprint density at radius 2 is 2.07 bits per heavy atom. The monoisotopic (exact) mass is 198 g/mol. The van der Waals surface area contributed by atoms with Crippen LogP contribution >= 0.6 is 0 Å². The molecule has 1 rings (SSSR count). The van der Waals surface area contributed by atoms with E-state index in [0.717, 1.165) is 12.1 Å². The largest absolute Gasteiger partial charge is 0.478 e. The lowest BCUT2D eigenvalue weighted by molar-refractivity contribution is -0.131. The number of hydrogen-bond acceptors (Lipinski definition) is 1. The van der Waals surface area contributed by atoms with E-state index in [1.807, 2.05) is 0 Å². The molecule has 0 saturated heterocycles. The molecule has 0 aliphatic carbocycles. The molecular formula is C10H8F2O2. The fourth-order valence-electron chi connectivity index (χ4n) is 1.07. The van der Waals surface area contributed by atoms with E-state index in [1.54, 1.807) is 0 Å². The molecule has 0 spiro atoms. The van der Waals surface area contributed by atoms with E-state index in [-0.39, 0.29) is 11.1 Å². The molecule has 0 aliphatic rings. The maximum atomic E-state index is 13.1. The summed E-state index contributed by atoms with van der Waals surface area (Å²) in [5.74, 6) is -3.20. The lowest BCUT2D eigenvalue weighted by Crippen LogP contribution is -1.94. The van der Waals surface area contributed by atoms with Gasteiger partial charge in [-0.2, -0.15) is 0 Å². The summed E-state index contributed by atoms with van der Waals surface area (Å²) in [7, 11) is 0. The van der Waals surface area contributed by atoms with E-state index in [2.05, 4.69) is 0 Å². The van der Waals surface area contributed by atoms with Crippen LogP contribution in [0.4, 0.5) is 8.78 Å². The first-order valence-electron chi connectivity index (χ1n) is 3.88. The van der Waals surface area contributed by atoms with Crippen LogP contribution in [-0.4, -0.2) is 11.1 Å². The van der Waals surface area contributed by atoms with Gasteiger partial charge in [-0.3, -0.25) is 0 Å². The highest BCUT2D eigenvalue weighted by Gasteiger charge is 2.09. The van der Waals surface area contributed by atoms with Gasteiger partial charge in [0.15, 0.2) is 11.6 Å². The Morgan fingerprint density at radius 3 is 2.64 bits per heavy atom. The molecule has 0 unspecified atom stereocenters. The SMILES string of the molecule is C/C(=C/C(=O)O)c1cccc(F)c1F. The Morgan fingerprint density at radius 1 is 1.43 bits per heavy atom. The quantitative estimate of drug-likeness (QED) is 0.741. The number of allylic oxidation sites excluding steroid dienone is 1. The van der Waals surface area contributed by atoms with Crippen LogP contribution < -0.4 is 0 Å². The number of carbonyl (C=O) groups is 1. The van der Waals surface area contributed by atoms with Crippen LogP contribution in [0.3, 0.4) is 0 Å². The molecule has 0 heterocycles. The van der Waals surface area contributed by atoms with Crippen LogP contribution in [-0.2, 0) is 4.79 Å². The highest BCUT2D eigenvalue weighted by atomic mass is 19.2. The second kappa shape index (κ2) is 4.00. The molecule has 0 saturated carbocycles. The molecule has 0 atom stereocenters. The van der Waals surface area contributed by atoms with Crippen LogP contribution in [0.1, 0.15) is 12.5 Å². The summed E-state index contributed by atoms with van der Waals surface area (Å²) >= 11 is 0. The third-order valence-corrected chi connectivity index (χ3v) is 1.72. The molecule has 1 aromatic carbocycles. The molecule has 0 fully saturated rings. The Kier molecular flexibility index (Phi) is 2.96. The standard InChI is InChI=1S/C10H8F2O2/c1-6(5-9(13)14)7-3-2-4-8(11)10(7)12/h2-5H,1H3,(H,13,14)/b6-5-. The number of carboxylic acids is 1. The third kappa shape index (κ3) is 2.16. The van der Waals surface area contributed by atoms with Gasteiger partial charge in [-0.1, -0.05) is 12.1 Å². The molecule has 0 aliphatic heterocycles. The predicted octanol–water partition coefficient (Wildman–Crippen LogP) is 2.45. The van der Waals surface area contributed by atoms with Gasteiger partial charge in [0, 0.05) is 11.6 Å². The molecule has 2 nitrogen and oxygen atoms in total. The van der Waals surface area contributed by atoms with Gasteiger partial charge in [0.2, 0.25) is 0 Å². The lowest BCUT2D eigenvalue weighted by atomic mass is 10.1. The second-order valence-corrected chi connectivity index (χ2v) is 2.77. The molecule has 1 aromatic rings. The van der Waals surface area contributed by atoms with Crippen molar-refractivity contribution in [3.8, 4) is 0 Å². The van der Waals surface area contributed by atoms with Crippen molar-refractivity contribution in [2.45, 2.75) is 6.92 Å². The van der Waals surface area contributed by atoms with Crippen LogP contribution in [0, 0.1) is 11.6 Å². The summed E-state index contributed by atoms with van der Waals surface area (Å²) in [5.41, 5.74) is 0.141. The Labute approximate surface area is 79.5 Å². The number of halogens is 2. The average Bonchev–Trinajstić information content (AvgIpc) is 2.08. The summed E-state index contributed by atoms with van der Waals surface area (Å²) in [6, 6.07) is 3.63. The lowest BCUT2D eigenvalue weighted by Gasteiger charge is -2.02. The van der Waals surface area contributed by atoms with Crippen molar-refractivity contribution < 1.29 is 18.7 Å². The second-order valence-electron chi connectivity index (χ2n) is 2.77. The van der Waals surface area contributed by atoms with Gasteiger partial charge in [-0.05, 0) is 18.6 Å². The van der Waals surface area contributed by atoms with E-state index in [1.165, 1.54) is 19.1 Å². The van der Waals surface area contributed by atoms with E-state index >= 15 is 0 Å². The molecule has 14 heavy (non-hydrogen) atoms. The molecule has 1 N–H and O–H groups in total. The van der Waals surface area contributed by atoms with E-state index in [9.17, 15) is 13.6 Å².